The first kappa shape index (κ1) is 35.4. The minimum absolute atomic E-state index is 0.0750. The lowest BCUT2D eigenvalue weighted by Crippen LogP contribution is -2.70. The topological polar surface area (TPSA) is 159 Å². The molecule has 0 saturated heterocycles. The summed E-state index contributed by atoms with van der Waals surface area (Å²) in [5, 5.41) is 21.3. The maximum atomic E-state index is 17.7. The van der Waals surface area contributed by atoms with E-state index in [9.17, 15) is 34.4 Å². The molecule has 11 nitrogen and oxygen atoms in total. The zero-order chi connectivity index (χ0) is 35.1. The Morgan fingerprint density at radius 1 is 1.10 bits per heavy atom. The summed E-state index contributed by atoms with van der Waals surface area (Å²) >= 11 is 0. The monoisotopic (exact) mass is 669 g/mol. The number of hydrogen-bond donors (Lipinski definition) is 1. The summed E-state index contributed by atoms with van der Waals surface area (Å²) in [5.74, 6) is -3.84. The number of alkyl halides is 1. The van der Waals surface area contributed by atoms with Gasteiger partial charge in [0.1, 0.15) is 6.61 Å². The molecule has 1 N–H and O–H groups in total. The number of nitrogens with zero attached hydrogens (tertiary/aromatic N) is 1. The number of rotatable bonds is 12. The van der Waals surface area contributed by atoms with Gasteiger partial charge in [0.2, 0.25) is 5.78 Å². The molecule has 5 rings (SSSR count). The highest BCUT2D eigenvalue weighted by atomic mass is 19.1. The Balaban J connectivity index is 1.40. The van der Waals surface area contributed by atoms with Crippen molar-refractivity contribution < 1.29 is 48.1 Å². The van der Waals surface area contributed by atoms with Crippen LogP contribution in [0.15, 0.2) is 48.1 Å². The van der Waals surface area contributed by atoms with Crippen LogP contribution in [-0.2, 0) is 46.5 Å². The summed E-state index contributed by atoms with van der Waals surface area (Å²) in [6, 6.07) is 6.35. The first-order valence-electron chi connectivity index (χ1n) is 16.7. The first-order valence-corrected chi connectivity index (χ1v) is 16.7. The molecule has 4 aliphatic rings. The summed E-state index contributed by atoms with van der Waals surface area (Å²) in [5.41, 5.74) is -4.57. The van der Waals surface area contributed by atoms with Gasteiger partial charge in [-0.05, 0) is 68.2 Å². The van der Waals surface area contributed by atoms with Crippen molar-refractivity contribution in [1.29, 1.82) is 0 Å². The molecule has 0 radical (unpaired) electrons. The van der Waals surface area contributed by atoms with Gasteiger partial charge in [0.15, 0.2) is 23.7 Å². The molecule has 8 atom stereocenters. The second kappa shape index (κ2) is 13.2. The van der Waals surface area contributed by atoms with E-state index in [0.29, 0.717) is 42.4 Å². The van der Waals surface area contributed by atoms with E-state index in [1.54, 1.807) is 51.1 Å². The van der Waals surface area contributed by atoms with Gasteiger partial charge in [-0.25, -0.2) is 4.39 Å². The molecule has 0 heterocycles. The number of esters is 2. The highest BCUT2D eigenvalue weighted by Crippen LogP contribution is 2.71. The molecule has 48 heavy (non-hydrogen) atoms. The van der Waals surface area contributed by atoms with E-state index in [4.69, 9.17) is 9.47 Å². The maximum absolute atomic E-state index is 17.7. The van der Waals surface area contributed by atoms with Crippen molar-refractivity contribution in [2.24, 2.45) is 28.6 Å². The van der Waals surface area contributed by atoms with Crippen LogP contribution in [0.25, 0.3) is 0 Å². The van der Waals surface area contributed by atoms with E-state index in [1.165, 1.54) is 12.2 Å². The average molecular weight is 670 g/mol. The fourth-order valence-electron chi connectivity index (χ4n) is 9.30. The average Bonchev–Trinajstić information content (AvgIpc) is 3.25. The number of ketones is 2. The van der Waals surface area contributed by atoms with Crippen LogP contribution in [-0.4, -0.2) is 57.7 Å². The minimum atomic E-state index is -2.12. The number of halogens is 1. The number of unbranched alkanes of at least 4 members (excludes halogenated alkanes) is 1. The van der Waals surface area contributed by atoms with Gasteiger partial charge in [0, 0.05) is 29.1 Å². The molecule has 0 bridgehead atoms. The first-order chi connectivity index (χ1) is 22.6. The molecular formula is C36H44FNO10. The molecule has 1 aromatic rings. The Hall–Kier alpha value is -3.93. The molecule has 0 spiro atoms. The number of Topliss-reactive ketones (excluding diaryl/α,β-unsaturated/α-hetero) is 1. The molecule has 4 aliphatic carbocycles. The van der Waals surface area contributed by atoms with E-state index in [-0.39, 0.29) is 31.7 Å². The van der Waals surface area contributed by atoms with E-state index in [2.05, 4.69) is 4.84 Å². The number of aliphatic hydroxyl groups is 1. The Bertz CT molecular complexity index is 1540. The molecule has 0 amide bonds. The lowest BCUT2D eigenvalue weighted by Gasteiger charge is -2.62. The molecule has 0 aromatic heterocycles. The molecule has 12 heteroatoms. The minimum Gasteiger partial charge on any atom is -0.457 e. The van der Waals surface area contributed by atoms with Gasteiger partial charge in [-0.15, -0.1) is 10.1 Å². The Kier molecular flexibility index (Phi) is 9.71. The SMILES string of the molecule is CCCCC(=O)O[C@]1(C(=O)COC(=O)Cc2ccc(CO[N+](=O)[O-])cc2)[C@@H](C)CC2C3CCC4=CC(=O)C=C[C@]4(C)[C@@]3(F)[C@@H](O)C[C@@]21C. The molecule has 2 unspecified atom stereocenters. The van der Waals surface area contributed by atoms with Crippen molar-refractivity contribution in [3.8, 4) is 0 Å². The summed E-state index contributed by atoms with van der Waals surface area (Å²) in [6.45, 7) is 6.30. The Morgan fingerprint density at radius 2 is 1.79 bits per heavy atom. The second-order valence-electron chi connectivity index (χ2n) is 14.3. The highest BCUT2D eigenvalue weighted by molar-refractivity contribution is 6.01. The van der Waals surface area contributed by atoms with E-state index in [0.717, 1.165) is 6.42 Å². The smallest absolute Gasteiger partial charge is 0.310 e. The maximum Gasteiger partial charge on any atom is 0.310 e. The number of carbonyl (C=O) groups is 4. The van der Waals surface area contributed by atoms with Crippen LogP contribution in [0.1, 0.15) is 83.8 Å². The zero-order valence-corrected chi connectivity index (χ0v) is 27.9. The lowest BCUT2D eigenvalue weighted by molar-refractivity contribution is -0.763. The largest absolute Gasteiger partial charge is 0.457 e. The third kappa shape index (κ3) is 5.75. The molecule has 3 fully saturated rings. The van der Waals surface area contributed by atoms with E-state index in [1.807, 2.05) is 6.92 Å². The molecule has 0 aliphatic heterocycles. The van der Waals surface area contributed by atoms with Crippen molar-refractivity contribution in [3.05, 3.63) is 69.3 Å². The van der Waals surface area contributed by atoms with E-state index < -0.39 is 75.4 Å². The van der Waals surface area contributed by atoms with Gasteiger partial charge >= 0.3 is 11.9 Å². The lowest BCUT2D eigenvalue weighted by atomic mass is 9.44. The zero-order valence-electron chi connectivity index (χ0n) is 27.9. The van der Waals surface area contributed by atoms with Crippen molar-refractivity contribution >= 4 is 23.5 Å². The fraction of sp³-hybridized carbons (Fsp3) is 0.611. The van der Waals surface area contributed by atoms with Gasteiger partial charge in [0.25, 0.3) is 5.09 Å². The molecule has 260 valence electrons. The van der Waals surface area contributed by atoms with Crippen molar-refractivity contribution in [2.75, 3.05) is 6.61 Å². The van der Waals surface area contributed by atoms with E-state index >= 15 is 4.39 Å². The number of carbonyl (C=O) groups excluding carboxylic acids is 4. The van der Waals surface area contributed by atoms with Crippen LogP contribution in [0.4, 0.5) is 4.39 Å². The van der Waals surface area contributed by atoms with Gasteiger partial charge in [0.05, 0.1) is 12.5 Å². The number of benzene rings is 1. The van der Waals surface area contributed by atoms with Crippen LogP contribution in [0, 0.1) is 38.7 Å². The number of aliphatic hydroxyl groups excluding tert-OH is 1. The highest BCUT2D eigenvalue weighted by Gasteiger charge is 2.77. The van der Waals surface area contributed by atoms with Gasteiger partial charge < -0.3 is 19.4 Å². The van der Waals surface area contributed by atoms with Crippen LogP contribution in [0.3, 0.4) is 0 Å². The normalized spacial score (nSPS) is 35.0. The molecule has 1 aromatic carbocycles. The van der Waals surface area contributed by atoms with Crippen LogP contribution < -0.4 is 0 Å². The van der Waals surface area contributed by atoms with Crippen LogP contribution in [0.5, 0.6) is 0 Å². The third-order valence-electron chi connectivity index (χ3n) is 11.7. The number of hydrogen-bond acceptors (Lipinski definition) is 10. The Morgan fingerprint density at radius 3 is 2.46 bits per heavy atom. The fourth-order valence-corrected chi connectivity index (χ4v) is 9.30. The number of fused-ring (bicyclic) bond motifs is 5. The van der Waals surface area contributed by atoms with Gasteiger partial charge in [-0.2, -0.15) is 0 Å². The summed E-state index contributed by atoms with van der Waals surface area (Å²) in [4.78, 5) is 67.6. The molecule has 3 saturated carbocycles. The van der Waals surface area contributed by atoms with Crippen molar-refractivity contribution in [3.63, 3.8) is 0 Å². The standard InChI is InChI=1S/C36H44FNO10/c1-5-6-7-31(42)48-36(30(41)21-46-32(43)17-23-8-10-24(11-9-23)20-47-38(44)45)22(2)16-28-27-13-12-25-18-26(39)14-15-33(25,3)35(27,37)29(40)19-34(28,36)4/h8-11,14-15,18,22,27-29,40H,5-7,12-13,16-17,19-21H2,1-4H3/t22-,27?,28?,29-,33-,34-,35-,36-/m0/s1. The second-order valence-corrected chi connectivity index (χ2v) is 14.3. The predicted molar refractivity (Wildman–Crippen MR) is 169 cm³/mol. The van der Waals surface area contributed by atoms with Crippen molar-refractivity contribution in [1.82, 2.24) is 0 Å². The van der Waals surface area contributed by atoms with Crippen molar-refractivity contribution in [2.45, 2.75) is 103 Å². The van der Waals surface area contributed by atoms with Gasteiger partial charge in [-0.1, -0.05) is 63.1 Å². The third-order valence-corrected chi connectivity index (χ3v) is 11.7. The molecular weight excluding hydrogens is 625 g/mol. The quantitative estimate of drug-likeness (QED) is 0.179. The van der Waals surface area contributed by atoms with Crippen LogP contribution >= 0.6 is 0 Å². The van der Waals surface area contributed by atoms with Crippen LogP contribution in [0.2, 0.25) is 0 Å². The summed E-state index contributed by atoms with van der Waals surface area (Å²) < 4.78 is 29.4. The number of allylic oxidation sites excluding steroid dienone is 4. The van der Waals surface area contributed by atoms with Gasteiger partial charge in [-0.3, -0.25) is 19.2 Å². The number of ether oxygens (including phenoxy) is 2. The predicted octanol–water partition coefficient (Wildman–Crippen LogP) is 5.14. The summed E-state index contributed by atoms with van der Waals surface area (Å²) in [7, 11) is 0. The Labute approximate surface area is 279 Å². The summed E-state index contributed by atoms with van der Waals surface area (Å²) in [6.07, 6.45) is 4.98.